The molecule has 3 aliphatic rings. The molecule has 15 nitrogen and oxygen atoms in total. The molecule has 0 aromatic carbocycles. The molecule has 3 aliphatic heterocycles. The third-order valence-corrected chi connectivity index (χ3v) is 12.9. The Morgan fingerprint density at radius 1 is 0.875 bits per heavy atom. The van der Waals surface area contributed by atoms with Crippen molar-refractivity contribution in [3.05, 3.63) is 0 Å². The molecule has 0 aromatic heterocycles. The summed E-state index contributed by atoms with van der Waals surface area (Å²) in [6.45, 7) is 18.2. The summed E-state index contributed by atoms with van der Waals surface area (Å²) in [5.74, 6) is -4.35. The maximum Gasteiger partial charge on any atom is 0.311 e. The Morgan fingerprint density at radius 2 is 1.50 bits per heavy atom. The molecule has 0 spiro atoms. The Morgan fingerprint density at radius 3 is 2.05 bits per heavy atom. The third-order valence-electron chi connectivity index (χ3n) is 12.9. The van der Waals surface area contributed by atoms with E-state index in [1.54, 1.807) is 48.7 Å². The van der Waals surface area contributed by atoms with Crippen molar-refractivity contribution < 1.29 is 62.8 Å². The molecule has 3 rings (SSSR count). The van der Waals surface area contributed by atoms with Gasteiger partial charge in [0.25, 0.3) is 0 Å². The molecule has 0 amide bonds. The third kappa shape index (κ3) is 10.9. The molecule has 0 aromatic rings. The number of aliphatic hydroxyl groups is 3. The number of rotatable bonds is 12. The SMILES string of the molecule is CC[C@H]1OC(=O)[C@H](C)[C@@H](O[C@H]2C[C@@](C)(OC)[C@@H](O)[C@H](C)O2)[C@H](C)[C@@H](O[C@@H]2O[C@H](C)C[C@H](N(C)C)[C@H]2OCCCN)[C@@](C)(OC)C[C@@H](C)C(=O)[C@H](C)[C@@H](O)[C@]1(C)O. The Labute approximate surface area is 335 Å². The number of likely N-dealkylation sites (N-methyl/N-ethyl adjacent to an activating group) is 1. The molecule has 5 N–H and O–H groups in total. The second kappa shape index (κ2) is 20.3. The normalized spacial score (nSPS) is 46.4. The summed E-state index contributed by atoms with van der Waals surface area (Å²) in [5, 5.41) is 34.2. The lowest BCUT2D eigenvalue weighted by Gasteiger charge is -2.50. The number of ketones is 1. The number of hydrogen-bond acceptors (Lipinski definition) is 15. The largest absolute Gasteiger partial charge is 0.459 e. The van der Waals surface area contributed by atoms with E-state index >= 15 is 0 Å². The van der Waals surface area contributed by atoms with Gasteiger partial charge in [-0.1, -0.05) is 27.7 Å². The first-order valence-electron chi connectivity index (χ1n) is 20.6. The molecule has 0 aliphatic carbocycles. The first-order valence-corrected chi connectivity index (χ1v) is 20.6. The van der Waals surface area contributed by atoms with Gasteiger partial charge in [-0.05, 0) is 87.9 Å². The monoisotopic (exact) mass is 805 g/mol. The number of ether oxygens (including phenoxy) is 8. The van der Waals surface area contributed by atoms with Crippen LogP contribution in [0.3, 0.4) is 0 Å². The lowest BCUT2D eigenvalue weighted by atomic mass is 9.74. The smallest absolute Gasteiger partial charge is 0.311 e. The first kappa shape index (κ1) is 49.0. The highest BCUT2D eigenvalue weighted by molar-refractivity contribution is 5.83. The molecule has 3 fully saturated rings. The molecular weight excluding hydrogens is 728 g/mol. The highest BCUT2D eigenvalue weighted by Gasteiger charge is 2.54. The molecule has 0 bridgehead atoms. The molecule has 328 valence electrons. The van der Waals surface area contributed by atoms with Crippen molar-refractivity contribution in [2.24, 2.45) is 29.4 Å². The summed E-state index contributed by atoms with van der Waals surface area (Å²) in [4.78, 5) is 30.6. The predicted molar refractivity (Wildman–Crippen MR) is 208 cm³/mol. The van der Waals surface area contributed by atoms with Gasteiger partial charge in [-0.2, -0.15) is 0 Å². The molecule has 0 saturated carbocycles. The van der Waals surface area contributed by atoms with Crippen LogP contribution in [0, 0.1) is 23.7 Å². The van der Waals surface area contributed by atoms with Gasteiger partial charge in [0.1, 0.15) is 29.7 Å². The van der Waals surface area contributed by atoms with Crippen LogP contribution >= 0.6 is 0 Å². The average molecular weight is 805 g/mol. The predicted octanol–water partition coefficient (Wildman–Crippen LogP) is 2.81. The van der Waals surface area contributed by atoms with Crippen molar-refractivity contribution in [1.82, 2.24) is 4.90 Å². The van der Waals surface area contributed by atoms with Gasteiger partial charge in [0, 0.05) is 51.0 Å². The van der Waals surface area contributed by atoms with Crippen LogP contribution in [-0.4, -0.2) is 158 Å². The van der Waals surface area contributed by atoms with Gasteiger partial charge in [0.05, 0.1) is 47.6 Å². The Kier molecular flexibility index (Phi) is 17.8. The van der Waals surface area contributed by atoms with E-state index in [1.807, 2.05) is 34.9 Å². The minimum atomic E-state index is -1.96. The maximum atomic E-state index is 14.3. The van der Waals surface area contributed by atoms with Crippen molar-refractivity contribution in [3.8, 4) is 0 Å². The van der Waals surface area contributed by atoms with E-state index < -0.39 is 102 Å². The number of hydrogen-bond donors (Lipinski definition) is 4. The number of nitrogens with two attached hydrogens (primary N) is 1. The molecule has 3 saturated heterocycles. The highest BCUT2D eigenvalue weighted by Crippen LogP contribution is 2.42. The van der Waals surface area contributed by atoms with Crippen LogP contribution in [0.2, 0.25) is 0 Å². The fraction of sp³-hybridized carbons (Fsp3) is 0.951. The van der Waals surface area contributed by atoms with Crippen LogP contribution in [0.25, 0.3) is 0 Å². The quantitative estimate of drug-likeness (QED) is 0.166. The number of carbonyl (C=O) groups excluding carboxylic acids is 2. The van der Waals surface area contributed by atoms with Gasteiger partial charge < -0.3 is 63.8 Å². The van der Waals surface area contributed by atoms with E-state index in [2.05, 4.69) is 4.90 Å². The number of nitrogens with zero attached hydrogens (tertiary/aromatic N) is 1. The van der Waals surface area contributed by atoms with Crippen molar-refractivity contribution in [2.75, 3.05) is 41.5 Å². The van der Waals surface area contributed by atoms with Gasteiger partial charge in [0.15, 0.2) is 12.6 Å². The van der Waals surface area contributed by atoms with Crippen LogP contribution in [0.4, 0.5) is 0 Å². The van der Waals surface area contributed by atoms with Crippen LogP contribution in [0.15, 0.2) is 0 Å². The average Bonchev–Trinajstić information content (AvgIpc) is 3.15. The molecule has 0 unspecified atom stereocenters. The number of methoxy groups -OCH3 is 2. The summed E-state index contributed by atoms with van der Waals surface area (Å²) >= 11 is 0. The summed E-state index contributed by atoms with van der Waals surface area (Å²) in [7, 11) is 7.03. The molecule has 56 heavy (non-hydrogen) atoms. The Balaban J connectivity index is 2.26. The number of cyclic esters (lactones) is 1. The van der Waals surface area contributed by atoms with Crippen LogP contribution in [0.5, 0.6) is 0 Å². The zero-order chi connectivity index (χ0) is 42.5. The highest BCUT2D eigenvalue weighted by atomic mass is 16.7. The Hall–Kier alpha value is -1.34. The van der Waals surface area contributed by atoms with Gasteiger partial charge in [-0.3, -0.25) is 9.59 Å². The molecule has 15 heteroatoms. The molecule has 18 atom stereocenters. The van der Waals surface area contributed by atoms with Gasteiger partial charge in [-0.25, -0.2) is 0 Å². The van der Waals surface area contributed by atoms with Crippen LogP contribution in [-0.2, 0) is 47.5 Å². The lowest BCUT2D eigenvalue weighted by molar-refractivity contribution is -0.322. The van der Waals surface area contributed by atoms with E-state index in [4.69, 9.17) is 43.6 Å². The van der Waals surface area contributed by atoms with E-state index in [1.165, 1.54) is 14.0 Å². The minimum Gasteiger partial charge on any atom is -0.459 e. The standard InChI is InChI=1S/C41H76N2O13/c1-15-29-41(10,48)34(45)24(4)31(44)22(2)20-40(9,50-14)36(56-38-33(51-18-16-17-42)28(43(11)12)19-23(3)52-38)25(5)32(26(6)37(47)54-29)55-30-21-39(8,49-13)35(46)27(7)53-30/h22-30,32-36,38,45-46,48H,15-21,42H2,1-14H3/t22-,23-,24+,25+,26-,27+,28+,29-,30+,32+,33-,34-,35+,36-,38+,39-,40+,41-/m1/s1. The summed E-state index contributed by atoms with van der Waals surface area (Å²) in [6, 6.07) is -0.0815. The van der Waals surface area contributed by atoms with Crippen molar-refractivity contribution in [1.29, 1.82) is 0 Å². The summed E-state index contributed by atoms with van der Waals surface area (Å²) in [6.07, 6.45) is -7.04. The zero-order valence-electron chi connectivity index (χ0n) is 36.6. The summed E-state index contributed by atoms with van der Waals surface area (Å²) < 4.78 is 51.4. The second-order valence-electron chi connectivity index (χ2n) is 17.6. The van der Waals surface area contributed by atoms with Crippen molar-refractivity contribution in [3.63, 3.8) is 0 Å². The molecule has 0 radical (unpaired) electrons. The topological polar surface area (TPSA) is 198 Å². The molecular formula is C41H76N2O13. The maximum absolute atomic E-state index is 14.3. The minimum absolute atomic E-state index is 0.0815. The summed E-state index contributed by atoms with van der Waals surface area (Å²) in [5.41, 5.74) is 1.64. The zero-order valence-corrected chi connectivity index (χ0v) is 36.6. The van der Waals surface area contributed by atoms with E-state index in [9.17, 15) is 24.9 Å². The Bertz CT molecular complexity index is 1260. The van der Waals surface area contributed by atoms with Crippen molar-refractivity contribution in [2.45, 2.75) is 186 Å². The number of aliphatic hydroxyl groups excluding tert-OH is 2. The fourth-order valence-corrected chi connectivity index (χ4v) is 9.05. The fourth-order valence-electron chi connectivity index (χ4n) is 9.05. The van der Waals surface area contributed by atoms with Crippen LogP contribution in [0.1, 0.15) is 101 Å². The van der Waals surface area contributed by atoms with Gasteiger partial charge in [-0.15, -0.1) is 0 Å². The van der Waals surface area contributed by atoms with E-state index in [0.717, 1.165) is 0 Å². The van der Waals surface area contributed by atoms with Crippen LogP contribution < -0.4 is 5.73 Å². The van der Waals surface area contributed by atoms with E-state index in [0.29, 0.717) is 26.0 Å². The second-order valence-corrected chi connectivity index (χ2v) is 17.6. The van der Waals surface area contributed by atoms with Gasteiger partial charge in [0.2, 0.25) is 0 Å². The van der Waals surface area contributed by atoms with E-state index in [-0.39, 0.29) is 37.2 Å². The van der Waals surface area contributed by atoms with Gasteiger partial charge >= 0.3 is 5.97 Å². The van der Waals surface area contributed by atoms with Crippen molar-refractivity contribution >= 4 is 11.8 Å². The first-order chi connectivity index (χ1) is 26.0. The number of carbonyl (C=O) groups is 2. The number of esters is 1. The molecule has 3 heterocycles. The number of Topliss-reactive ketones (excluding diaryl/α,β-unsaturated/α-hetero) is 1. The lowest BCUT2D eigenvalue weighted by Crippen LogP contribution is -2.62.